The first-order chi connectivity index (χ1) is 7.00. The van der Waals surface area contributed by atoms with Gasteiger partial charge in [0.25, 0.3) is 5.91 Å². The monoisotopic (exact) mass is 353 g/mol. The summed E-state index contributed by atoms with van der Waals surface area (Å²) in [5, 5.41) is 1.88. The molecule has 0 aliphatic heterocycles. The Balaban J connectivity index is 2.53. The van der Waals surface area contributed by atoms with Crippen molar-refractivity contribution in [3.05, 3.63) is 20.8 Å². The molecule has 0 saturated heterocycles. The van der Waals surface area contributed by atoms with Crippen LogP contribution in [0.25, 0.3) is 0 Å². The van der Waals surface area contributed by atoms with Gasteiger partial charge in [0.15, 0.2) is 0 Å². The average Bonchev–Trinajstić information content (AvgIpc) is 2.60. The molecule has 1 rings (SSSR count). The van der Waals surface area contributed by atoms with Gasteiger partial charge in [-0.15, -0.1) is 11.3 Å². The average molecular weight is 355 g/mol. The van der Waals surface area contributed by atoms with Crippen LogP contribution in [0.4, 0.5) is 0 Å². The van der Waals surface area contributed by atoms with E-state index in [0.717, 1.165) is 22.3 Å². The number of amides is 1. The van der Waals surface area contributed by atoms with Crippen LogP contribution in [-0.2, 0) is 0 Å². The fraction of sp³-hybridized carbons (Fsp3) is 0.500. The molecule has 1 unspecified atom stereocenters. The summed E-state index contributed by atoms with van der Waals surface area (Å²) in [7, 11) is 1.84. The number of alkyl halides is 1. The van der Waals surface area contributed by atoms with Gasteiger partial charge in [0.1, 0.15) is 0 Å². The van der Waals surface area contributed by atoms with Crippen molar-refractivity contribution in [1.82, 2.24) is 4.90 Å². The van der Waals surface area contributed by atoms with Crippen LogP contribution in [0.15, 0.2) is 15.2 Å². The van der Waals surface area contributed by atoms with Crippen molar-refractivity contribution in [3.8, 4) is 0 Å². The molecule has 0 bridgehead atoms. The lowest BCUT2D eigenvalue weighted by Gasteiger charge is -2.17. The molecule has 5 heteroatoms. The molecule has 0 radical (unpaired) electrons. The molecule has 1 aromatic rings. The van der Waals surface area contributed by atoms with Gasteiger partial charge >= 0.3 is 0 Å². The number of rotatable bonds is 4. The third-order valence-corrected chi connectivity index (χ3v) is 3.99. The molecule has 0 N–H and O–H groups in total. The van der Waals surface area contributed by atoms with Crippen molar-refractivity contribution >= 4 is 49.1 Å². The summed E-state index contributed by atoms with van der Waals surface area (Å²) in [6.07, 6.45) is 0.966. The van der Waals surface area contributed by atoms with Crippen molar-refractivity contribution in [2.24, 2.45) is 0 Å². The van der Waals surface area contributed by atoms with Gasteiger partial charge in [-0.05, 0) is 28.4 Å². The van der Waals surface area contributed by atoms with Gasteiger partial charge in [-0.2, -0.15) is 0 Å². The van der Waals surface area contributed by atoms with Gasteiger partial charge in [0, 0.05) is 23.8 Å². The van der Waals surface area contributed by atoms with E-state index in [4.69, 9.17) is 0 Å². The van der Waals surface area contributed by atoms with Crippen LogP contribution in [0.2, 0.25) is 0 Å². The lowest BCUT2D eigenvalue weighted by Crippen LogP contribution is -2.28. The van der Waals surface area contributed by atoms with Gasteiger partial charge in [-0.1, -0.05) is 22.9 Å². The van der Waals surface area contributed by atoms with Crippen molar-refractivity contribution in [2.75, 3.05) is 13.6 Å². The zero-order chi connectivity index (χ0) is 11.4. The Hall–Kier alpha value is 0.130. The molecule has 0 aliphatic carbocycles. The van der Waals surface area contributed by atoms with Crippen LogP contribution >= 0.6 is 43.2 Å². The molecule has 0 spiro atoms. The van der Waals surface area contributed by atoms with E-state index in [2.05, 4.69) is 38.8 Å². The Bertz CT molecular complexity index is 338. The Morgan fingerprint density at radius 2 is 2.33 bits per heavy atom. The molecular weight excluding hydrogens is 342 g/mol. The van der Waals surface area contributed by atoms with E-state index < -0.39 is 0 Å². The Morgan fingerprint density at radius 1 is 1.67 bits per heavy atom. The maximum atomic E-state index is 11.9. The van der Waals surface area contributed by atoms with Crippen molar-refractivity contribution in [2.45, 2.75) is 18.2 Å². The smallest absolute Gasteiger partial charge is 0.254 e. The number of halogens is 2. The number of thiophene rings is 1. The Labute approximate surface area is 111 Å². The van der Waals surface area contributed by atoms with E-state index in [9.17, 15) is 4.79 Å². The lowest BCUT2D eigenvalue weighted by molar-refractivity contribution is 0.0794. The highest BCUT2D eigenvalue weighted by Crippen LogP contribution is 2.21. The summed E-state index contributed by atoms with van der Waals surface area (Å²) in [6.45, 7) is 2.86. The van der Waals surface area contributed by atoms with Crippen LogP contribution in [0.3, 0.4) is 0 Å². The van der Waals surface area contributed by atoms with E-state index in [-0.39, 0.29) is 5.91 Å². The van der Waals surface area contributed by atoms with Crippen molar-refractivity contribution < 1.29 is 4.79 Å². The van der Waals surface area contributed by atoms with Gasteiger partial charge < -0.3 is 4.90 Å². The zero-order valence-corrected chi connectivity index (χ0v) is 12.7. The number of carbonyl (C=O) groups is 1. The Morgan fingerprint density at radius 3 is 2.80 bits per heavy atom. The summed E-state index contributed by atoms with van der Waals surface area (Å²) in [5.41, 5.74) is 0.761. The largest absolute Gasteiger partial charge is 0.342 e. The van der Waals surface area contributed by atoms with Crippen LogP contribution in [0.1, 0.15) is 23.7 Å². The molecule has 0 aliphatic rings. The van der Waals surface area contributed by atoms with Crippen LogP contribution < -0.4 is 0 Å². The topological polar surface area (TPSA) is 20.3 Å². The number of hydrogen-bond acceptors (Lipinski definition) is 2. The van der Waals surface area contributed by atoms with Crippen LogP contribution in [-0.4, -0.2) is 29.2 Å². The maximum absolute atomic E-state index is 11.9. The standard InChI is InChI=1S/C10H13Br2NOS/c1-7(11)3-4-13(2)10(14)8-5-9(12)15-6-8/h5-7H,3-4H2,1-2H3. The molecule has 84 valence electrons. The first-order valence-corrected chi connectivity index (χ1v) is 7.23. The summed E-state index contributed by atoms with van der Waals surface area (Å²) < 4.78 is 0.994. The maximum Gasteiger partial charge on any atom is 0.254 e. The third kappa shape index (κ3) is 4.25. The first kappa shape index (κ1) is 13.2. The van der Waals surface area contributed by atoms with Gasteiger partial charge in [0.2, 0.25) is 0 Å². The van der Waals surface area contributed by atoms with Gasteiger partial charge in [0.05, 0.1) is 9.35 Å². The molecule has 2 nitrogen and oxygen atoms in total. The minimum absolute atomic E-state index is 0.0881. The van der Waals surface area contributed by atoms with E-state index in [1.54, 1.807) is 4.90 Å². The SMILES string of the molecule is CC(Br)CCN(C)C(=O)c1csc(Br)c1. The lowest BCUT2D eigenvalue weighted by atomic mass is 10.2. The predicted molar refractivity (Wildman–Crippen MR) is 72.0 cm³/mol. The molecule has 1 aromatic heterocycles. The molecule has 1 amide bonds. The highest BCUT2D eigenvalue weighted by Gasteiger charge is 2.13. The van der Waals surface area contributed by atoms with E-state index in [0.29, 0.717) is 4.83 Å². The quantitative estimate of drug-likeness (QED) is 0.754. The molecule has 15 heavy (non-hydrogen) atoms. The molecule has 0 fully saturated rings. The van der Waals surface area contributed by atoms with Crippen molar-refractivity contribution in [1.29, 1.82) is 0 Å². The summed E-state index contributed by atoms with van der Waals surface area (Å²) in [4.78, 5) is 14.1. The number of nitrogens with zero attached hydrogens (tertiary/aromatic N) is 1. The second-order valence-electron chi connectivity index (χ2n) is 3.44. The van der Waals surface area contributed by atoms with Crippen LogP contribution in [0.5, 0.6) is 0 Å². The first-order valence-electron chi connectivity index (χ1n) is 4.64. The second-order valence-corrected chi connectivity index (χ2v) is 7.29. The second kappa shape index (κ2) is 6.01. The molecule has 1 atom stereocenters. The summed E-state index contributed by atoms with van der Waals surface area (Å²) >= 11 is 8.36. The van der Waals surface area contributed by atoms with Crippen LogP contribution in [0, 0.1) is 0 Å². The highest BCUT2D eigenvalue weighted by molar-refractivity contribution is 9.11. The Kier molecular flexibility index (Phi) is 5.29. The predicted octanol–water partition coefficient (Wildman–Crippen LogP) is 3.76. The third-order valence-electron chi connectivity index (χ3n) is 2.02. The fourth-order valence-corrected chi connectivity index (χ4v) is 2.45. The van der Waals surface area contributed by atoms with Gasteiger partial charge in [-0.3, -0.25) is 4.79 Å². The zero-order valence-electron chi connectivity index (χ0n) is 8.67. The fourth-order valence-electron chi connectivity index (χ4n) is 1.12. The molecular formula is C10H13Br2NOS. The number of carbonyl (C=O) groups excluding carboxylic acids is 1. The van der Waals surface area contributed by atoms with E-state index >= 15 is 0 Å². The molecule has 0 saturated carbocycles. The molecule has 1 heterocycles. The summed E-state index contributed by atoms with van der Waals surface area (Å²) in [6, 6.07) is 1.86. The minimum atomic E-state index is 0.0881. The minimum Gasteiger partial charge on any atom is -0.342 e. The van der Waals surface area contributed by atoms with Crippen molar-refractivity contribution in [3.63, 3.8) is 0 Å². The van der Waals surface area contributed by atoms with Gasteiger partial charge in [-0.25, -0.2) is 0 Å². The number of hydrogen-bond donors (Lipinski definition) is 0. The van der Waals surface area contributed by atoms with E-state index in [1.807, 2.05) is 18.5 Å². The summed E-state index contributed by atoms with van der Waals surface area (Å²) in [5.74, 6) is 0.0881. The van der Waals surface area contributed by atoms with E-state index in [1.165, 1.54) is 11.3 Å². The molecule has 0 aromatic carbocycles. The normalized spacial score (nSPS) is 12.5. The highest BCUT2D eigenvalue weighted by atomic mass is 79.9.